The van der Waals surface area contributed by atoms with Crippen LogP contribution in [-0.4, -0.2) is 16.3 Å². The van der Waals surface area contributed by atoms with Gasteiger partial charge in [-0.05, 0) is 36.5 Å². The van der Waals surface area contributed by atoms with E-state index in [0.717, 1.165) is 18.4 Å². The first-order chi connectivity index (χ1) is 6.68. The summed E-state index contributed by atoms with van der Waals surface area (Å²) in [6.45, 7) is 0. The molecule has 14 heavy (non-hydrogen) atoms. The normalized spacial score (nSPS) is 20.4. The van der Waals surface area contributed by atoms with Gasteiger partial charge >= 0.3 is 0 Å². The minimum atomic E-state index is -0.445. The standard InChI is InChI=1S/C11H15NO2/c12-10(11(14)8-1-2-8)7-3-5-9(13)6-4-7/h3-6,8,10-11,13-14H,1-2,12H2/t10-,11+/m0/s1. The van der Waals surface area contributed by atoms with Crippen LogP contribution in [0.2, 0.25) is 0 Å². The molecule has 76 valence electrons. The van der Waals surface area contributed by atoms with Crippen LogP contribution in [0.4, 0.5) is 0 Å². The van der Waals surface area contributed by atoms with Crippen LogP contribution in [0.25, 0.3) is 0 Å². The largest absolute Gasteiger partial charge is 0.508 e. The van der Waals surface area contributed by atoms with Gasteiger partial charge in [-0.3, -0.25) is 0 Å². The third kappa shape index (κ3) is 1.89. The fourth-order valence-corrected chi connectivity index (χ4v) is 1.62. The molecule has 2 rings (SSSR count). The topological polar surface area (TPSA) is 66.5 Å². The lowest BCUT2D eigenvalue weighted by atomic mass is 9.99. The summed E-state index contributed by atoms with van der Waals surface area (Å²) in [7, 11) is 0. The monoisotopic (exact) mass is 193 g/mol. The van der Waals surface area contributed by atoms with Gasteiger partial charge in [0.05, 0.1) is 12.1 Å². The third-order valence-corrected chi connectivity index (χ3v) is 2.75. The molecule has 0 unspecified atom stereocenters. The molecule has 0 spiro atoms. The maximum absolute atomic E-state index is 9.79. The second kappa shape index (κ2) is 3.59. The average Bonchev–Trinajstić information content (AvgIpc) is 3.00. The fraction of sp³-hybridized carbons (Fsp3) is 0.455. The Bertz CT molecular complexity index is 306. The van der Waals surface area contributed by atoms with Crippen LogP contribution in [0.1, 0.15) is 24.4 Å². The number of rotatable bonds is 3. The van der Waals surface area contributed by atoms with Crippen LogP contribution in [0.5, 0.6) is 5.75 Å². The molecule has 0 amide bonds. The van der Waals surface area contributed by atoms with Gasteiger partial charge in [0.15, 0.2) is 0 Å². The molecule has 3 nitrogen and oxygen atoms in total. The Morgan fingerprint density at radius 1 is 1.21 bits per heavy atom. The van der Waals surface area contributed by atoms with E-state index in [1.807, 2.05) is 0 Å². The smallest absolute Gasteiger partial charge is 0.115 e. The molecular weight excluding hydrogens is 178 g/mol. The highest BCUT2D eigenvalue weighted by atomic mass is 16.3. The van der Waals surface area contributed by atoms with Crippen molar-refractivity contribution < 1.29 is 10.2 Å². The van der Waals surface area contributed by atoms with E-state index >= 15 is 0 Å². The molecule has 1 aliphatic rings. The van der Waals surface area contributed by atoms with Crippen molar-refractivity contribution in [3.8, 4) is 5.75 Å². The van der Waals surface area contributed by atoms with Crippen LogP contribution in [0, 0.1) is 5.92 Å². The predicted molar refractivity (Wildman–Crippen MR) is 53.8 cm³/mol. The molecule has 1 saturated carbocycles. The van der Waals surface area contributed by atoms with Gasteiger partial charge in [-0.2, -0.15) is 0 Å². The summed E-state index contributed by atoms with van der Waals surface area (Å²) in [5.74, 6) is 0.598. The zero-order chi connectivity index (χ0) is 10.1. The van der Waals surface area contributed by atoms with Gasteiger partial charge in [-0.15, -0.1) is 0 Å². The van der Waals surface area contributed by atoms with E-state index in [-0.39, 0.29) is 11.8 Å². The number of benzene rings is 1. The van der Waals surface area contributed by atoms with Crippen LogP contribution in [-0.2, 0) is 0 Å². The summed E-state index contributed by atoms with van der Waals surface area (Å²) in [6, 6.07) is 6.36. The van der Waals surface area contributed by atoms with Crippen molar-refractivity contribution in [2.75, 3.05) is 0 Å². The number of hydrogen-bond acceptors (Lipinski definition) is 3. The Hall–Kier alpha value is -1.06. The van der Waals surface area contributed by atoms with Gasteiger partial charge in [-0.25, -0.2) is 0 Å². The first-order valence-electron chi connectivity index (χ1n) is 4.91. The van der Waals surface area contributed by atoms with E-state index in [2.05, 4.69) is 0 Å². The molecule has 1 aromatic rings. The van der Waals surface area contributed by atoms with Gasteiger partial charge < -0.3 is 15.9 Å². The molecule has 2 atom stereocenters. The van der Waals surface area contributed by atoms with Crippen molar-refractivity contribution in [3.05, 3.63) is 29.8 Å². The fourth-order valence-electron chi connectivity index (χ4n) is 1.62. The van der Waals surface area contributed by atoms with E-state index in [9.17, 15) is 5.11 Å². The summed E-state index contributed by atoms with van der Waals surface area (Å²) in [4.78, 5) is 0. The van der Waals surface area contributed by atoms with Crippen LogP contribution in [0.3, 0.4) is 0 Å². The highest BCUT2D eigenvalue weighted by Gasteiger charge is 2.34. The Morgan fingerprint density at radius 3 is 2.29 bits per heavy atom. The number of nitrogens with two attached hydrogens (primary N) is 1. The van der Waals surface area contributed by atoms with Crippen molar-refractivity contribution in [3.63, 3.8) is 0 Å². The Kier molecular flexibility index (Phi) is 2.44. The van der Waals surface area contributed by atoms with E-state index in [1.54, 1.807) is 24.3 Å². The summed E-state index contributed by atoms with van der Waals surface area (Å²) in [6.07, 6.45) is 1.71. The van der Waals surface area contributed by atoms with Crippen molar-refractivity contribution in [2.45, 2.75) is 25.0 Å². The van der Waals surface area contributed by atoms with Gasteiger partial charge in [0.2, 0.25) is 0 Å². The molecule has 0 bridgehead atoms. The van der Waals surface area contributed by atoms with Gasteiger partial charge in [0.1, 0.15) is 5.75 Å². The van der Waals surface area contributed by atoms with E-state index < -0.39 is 6.10 Å². The number of aromatic hydroxyl groups is 1. The lowest BCUT2D eigenvalue weighted by molar-refractivity contribution is 0.122. The minimum absolute atomic E-state index is 0.224. The highest BCUT2D eigenvalue weighted by molar-refractivity contribution is 5.28. The summed E-state index contributed by atoms with van der Waals surface area (Å²) in [5.41, 5.74) is 6.77. The zero-order valence-electron chi connectivity index (χ0n) is 7.93. The summed E-state index contributed by atoms with van der Waals surface area (Å²) >= 11 is 0. The van der Waals surface area contributed by atoms with Crippen molar-refractivity contribution >= 4 is 0 Å². The van der Waals surface area contributed by atoms with Gasteiger partial charge in [0, 0.05) is 0 Å². The van der Waals surface area contributed by atoms with Gasteiger partial charge in [0.25, 0.3) is 0 Å². The lowest BCUT2D eigenvalue weighted by Crippen LogP contribution is -2.27. The van der Waals surface area contributed by atoms with Crippen molar-refractivity contribution in [1.82, 2.24) is 0 Å². The first kappa shape index (κ1) is 9.49. The molecule has 1 aliphatic carbocycles. The molecule has 0 heterocycles. The average molecular weight is 193 g/mol. The maximum Gasteiger partial charge on any atom is 0.115 e. The van der Waals surface area contributed by atoms with Gasteiger partial charge in [-0.1, -0.05) is 12.1 Å². The molecule has 0 radical (unpaired) electrons. The molecule has 4 N–H and O–H groups in total. The Morgan fingerprint density at radius 2 is 1.79 bits per heavy atom. The predicted octanol–water partition coefficient (Wildman–Crippen LogP) is 1.16. The molecule has 0 saturated heterocycles. The number of phenols is 1. The second-order valence-corrected chi connectivity index (χ2v) is 3.95. The van der Waals surface area contributed by atoms with E-state index in [4.69, 9.17) is 10.8 Å². The number of aliphatic hydroxyl groups is 1. The highest BCUT2D eigenvalue weighted by Crippen LogP contribution is 2.37. The molecule has 3 heteroatoms. The van der Waals surface area contributed by atoms with Crippen molar-refractivity contribution in [2.24, 2.45) is 11.7 Å². The summed E-state index contributed by atoms with van der Waals surface area (Å²) in [5, 5.41) is 18.9. The molecule has 1 fully saturated rings. The van der Waals surface area contributed by atoms with Crippen LogP contribution < -0.4 is 5.73 Å². The van der Waals surface area contributed by atoms with E-state index in [1.165, 1.54) is 0 Å². The molecule has 1 aromatic carbocycles. The Labute approximate surface area is 83.2 Å². The number of aliphatic hydroxyl groups excluding tert-OH is 1. The first-order valence-corrected chi connectivity index (χ1v) is 4.91. The molecular formula is C11H15NO2. The van der Waals surface area contributed by atoms with Crippen molar-refractivity contribution in [1.29, 1.82) is 0 Å². The zero-order valence-corrected chi connectivity index (χ0v) is 7.93. The summed E-state index contributed by atoms with van der Waals surface area (Å²) < 4.78 is 0. The Balaban J connectivity index is 2.09. The maximum atomic E-state index is 9.79. The van der Waals surface area contributed by atoms with E-state index in [0.29, 0.717) is 5.92 Å². The molecule has 0 aliphatic heterocycles. The van der Waals surface area contributed by atoms with Crippen LogP contribution >= 0.6 is 0 Å². The third-order valence-electron chi connectivity index (χ3n) is 2.75. The van der Waals surface area contributed by atoms with Crippen LogP contribution in [0.15, 0.2) is 24.3 Å². The number of phenolic OH excluding ortho intramolecular Hbond substituents is 1. The molecule has 0 aromatic heterocycles. The quantitative estimate of drug-likeness (QED) is 0.675. The minimum Gasteiger partial charge on any atom is -0.508 e. The number of hydrogen-bond donors (Lipinski definition) is 3. The second-order valence-electron chi connectivity index (χ2n) is 3.95. The lowest BCUT2D eigenvalue weighted by Gasteiger charge is -2.18. The SMILES string of the molecule is N[C@@H](c1ccc(O)cc1)[C@H](O)C1CC1.